The molecule has 0 atom stereocenters. The largest absolute Gasteiger partial charge is 0.496 e. The Balaban J connectivity index is 1.53. The normalized spacial score (nSPS) is 10.3. The quantitative estimate of drug-likeness (QED) is 0.629. The summed E-state index contributed by atoms with van der Waals surface area (Å²) >= 11 is 0. The van der Waals surface area contributed by atoms with Gasteiger partial charge in [-0.25, -0.2) is 0 Å². The second-order valence-corrected chi connectivity index (χ2v) is 6.39. The third-order valence-electron chi connectivity index (χ3n) is 4.34. The van der Waals surface area contributed by atoms with Crippen molar-refractivity contribution in [3.8, 4) is 5.75 Å². The number of benzene rings is 3. The molecule has 138 valence electrons. The molecule has 0 heterocycles. The molecule has 27 heavy (non-hydrogen) atoms. The summed E-state index contributed by atoms with van der Waals surface area (Å²) in [6.45, 7) is 2.78. The highest BCUT2D eigenvalue weighted by molar-refractivity contribution is 6.04. The van der Waals surface area contributed by atoms with Gasteiger partial charge in [0.1, 0.15) is 5.75 Å². The molecule has 4 nitrogen and oxygen atoms in total. The number of ether oxygens (including phenoxy) is 1. The molecule has 3 aromatic rings. The third-order valence-corrected chi connectivity index (χ3v) is 4.34. The van der Waals surface area contributed by atoms with Crippen molar-refractivity contribution in [3.05, 3.63) is 89.5 Å². The summed E-state index contributed by atoms with van der Waals surface area (Å²) in [5.74, 6) is 0.809. The zero-order valence-electron chi connectivity index (χ0n) is 15.7. The average Bonchev–Trinajstić information content (AvgIpc) is 2.69. The minimum atomic E-state index is -0.101. The van der Waals surface area contributed by atoms with Crippen LogP contribution >= 0.6 is 0 Å². The lowest BCUT2D eigenvalue weighted by atomic mass is 10.1. The first-order chi connectivity index (χ1) is 13.2. The van der Waals surface area contributed by atoms with Gasteiger partial charge in [-0.05, 0) is 61.4 Å². The van der Waals surface area contributed by atoms with Crippen molar-refractivity contribution in [1.29, 1.82) is 0 Å². The molecule has 4 heteroatoms. The van der Waals surface area contributed by atoms with Gasteiger partial charge in [-0.15, -0.1) is 0 Å². The Morgan fingerprint density at radius 1 is 0.926 bits per heavy atom. The fraction of sp³-hybridized carbons (Fsp3) is 0.174. The Labute approximate surface area is 160 Å². The molecule has 3 aromatic carbocycles. The molecule has 0 aromatic heterocycles. The van der Waals surface area contributed by atoms with Crippen LogP contribution < -0.4 is 15.4 Å². The van der Waals surface area contributed by atoms with E-state index >= 15 is 0 Å². The maximum atomic E-state index is 12.3. The Morgan fingerprint density at radius 2 is 1.67 bits per heavy atom. The van der Waals surface area contributed by atoms with Crippen LogP contribution in [-0.4, -0.2) is 19.6 Å². The molecule has 0 fully saturated rings. The van der Waals surface area contributed by atoms with Gasteiger partial charge in [-0.1, -0.05) is 35.9 Å². The first kappa shape index (κ1) is 18.5. The molecule has 0 bridgehead atoms. The van der Waals surface area contributed by atoms with Crippen LogP contribution in [0.15, 0.2) is 72.8 Å². The lowest BCUT2D eigenvalue weighted by molar-refractivity contribution is 0.102. The SMILES string of the molecule is COc1ccccc1CCNc1ccc(NC(=O)c2cccc(C)c2)cc1. The predicted molar refractivity (Wildman–Crippen MR) is 111 cm³/mol. The number of para-hydroxylation sites is 1. The van der Waals surface area contributed by atoms with E-state index < -0.39 is 0 Å². The molecule has 0 aliphatic rings. The van der Waals surface area contributed by atoms with E-state index in [4.69, 9.17) is 4.74 Å². The summed E-state index contributed by atoms with van der Waals surface area (Å²) < 4.78 is 5.38. The zero-order valence-corrected chi connectivity index (χ0v) is 15.7. The molecule has 0 radical (unpaired) electrons. The van der Waals surface area contributed by atoms with Gasteiger partial charge in [0.25, 0.3) is 5.91 Å². The Bertz CT molecular complexity index is 904. The van der Waals surface area contributed by atoms with E-state index in [2.05, 4.69) is 16.7 Å². The van der Waals surface area contributed by atoms with Crippen LogP contribution in [0.25, 0.3) is 0 Å². The molecule has 0 saturated carbocycles. The van der Waals surface area contributed by atoms with E-state index in [1.807, 2.05) is 73.7 Å². The predicted octanol–water partition coefficient (Wildman–Crippen LogP) is 4.91. The standard InChI is InChI=1S/C23H24N2O2/c1-17-6-5-8-19(16-17)23(26)25-21-12-10-20(11-13-21)24-15-14-18-7-3-4-9-22(18)27-2/h3-13,16,24H,14-15H2,1-2H3,(H,25,26). The Hall–Kier alpha value is -3.27. The molecule has 0 spiro atoms. The van der Waals surface area contributed by atoms with Crippen LogP contribution in [-0.2, 0) is 6.42 Å². The highest BCUT2D eigenvalue weighted by Crippen LogP contribution is 2.19. The monoisotopic (exact) mass is 360 g/mol. The van der Waals surface area contributed by atoms with Crippen molar-refractivity contribution in [2.45, 2.75) is 13.3 Å². The number of nitrogens with one attached hydrogen (secondary N) is 2. The second kappa shape index (κ2) is 8.90. The van der Waals surface area contributed by atoms with Gasteiger partial charge in [0.2, 0.25) is 0 Å². The van der Waals surface area contributed by atoms with Gasteiger partial charge in [0, 0.05) is 23.5 Å². The first-order valence-electron chi connectivity index (χ1n) is 8.99. The summed E-state index contributed by atoms with van der Waals surface area (Å²) in [5, 5.41) is 6.32. The Kier molecular flexibility index (Phi) is 6.10. The fourth-order valence-corrected chi connectivity index (χ4v) is 2.91. The molecule has 0 aliphatic heterocycles. The topological polar surface area (TPSA) is 50.4 Å². The van der Waals surface area contributed by atoms with Crippen molar-refractivity contribution in [1.82, 2.24) is 0 Å². The number of carbonyl (C=O) groups excluding carboxylic acids is 1. The van der Waals surface area contributed by atoms with Gasteiger partial charge < -0.3 is 15.4 Å². The fourth-order valence-electron chi connectivity index (χ4n) is 2.91. The lowest BCUT2D eigenvalue weighted by Crippen LogP contribution is -2.12. The van der Waals surface area contributed by atoms with Crippen LogP contribution in [0.4, 0.5) is 11.4 Å². The van der Waals surface area contributed by atoms with Crippen molar-refractivity contribution in [3.63, 3.8) is 0 Å². The van der Waals surface area contributed by atoms with E-state index in [-0.39, 0.29) is 5.91 Å². The van der Waals surface area contributed by atoms with Crippen molar-refractivity contribution >= 4 is 17.3 Å². The number of hydrogen-bond donors (Lipinski definition) is 2. The zero-order chi connectivity index (χ0) is 19.1. The minimum Gasteiger partial charge on any atom is -0.496 e. The third kappa shape index (κ3) is 5.11. The first-order valence-corrected chi connectivity index (χ1v) is 8.99. The molecule has 0 saturated heterocycles. The van der Waals surface area contributed by atoms with Crippen LogP contribution in [0.1, 0.15) is 21.5 Å². The maximum Gasteiger partial charge on any atom is 0.255 e. The molecular formula is C23H24N2O2. The number of anilines is 2. The molecule has 0 unspecified atom stereocenters. The molecule has 1 amide bonds. The Morgan fingerprint density at radius 3 is 2.41 bits per heavy atom. The maximum absolute atomic E-state index is 12.3. The van der Waals surface area contributed by atoms with Gasteiger partial charge >= 0.3 is 0 Å². The summed E-state index contributed by atoms with van der Waals surface area (Å²) in [6.07, 6.45) is 0.871. The average molecular weight is 360 g/mol. The van der Waals surface area contributed by atoms with Crippen LogP contribution in [0.3, 0.4) is 0 Å². The van der Waals surface area contributed by atoms with E-state index in [0.717, 1.165) is 35.7 Å². The number of carbonyl (C=O) groups is 1. The van der Waals surface area contributed by atoms with Gasteiger partial charge in [0.15, 0.2) is 0 Å². The van der Waals surface area contributed by atoms with Gasteiger partial charge in [0.05, 0.1) is 7.11 Å². The number of hydrogen-bond acceptors (Lipinski definition) is 3. The van der Waals surface area contributed by atoms with Crippen LogP contribution in [0.2, 0.25) is 0 Å². The summed E-state index contributed by atoms with van der Waals surface area (Å²) in [5.41, 5.74) is 4.69. The van der Waals surface area contributed by atoms with E-state index in [1.165, 1.54) is 5.56 Å². The highest BCUT2D eigenvalue weighted by atomic mass is 16.5. The number of amides is 1. The molecule has 3 rings (SSSR count). The van der Waals surface area contributed by atoms with Crippen LogP contribution in [0, 0.1) is 6.92 Å². The van der Waals surface area contributed by atoms with Crippen molar-refractivity contribution < 1.29 is 9.53 Å². The van der Waals surface area contributed by atoms with Gasteiger partial charge in [-0.2, -0.15) is 0 Å². The van der Waals surface area contributed by atoms with Gasteiger partial charge in [-0.3, -0.25) is 4.79 Å². The summed E-state index contributed by atoms with van der Waals surface area (Å²) in [6, 6.07) is 23.3. The summed E-state index contributed by atoms with van der Waals surface area (Å²) in [4.78, 5) is 12.3. The molecule has 2 N–H and O–H groups in total. The van der Waals surface area contributed by atoms with Crippen molar-refractivity contribution in [2.24, 2.45) is 0 Å². The molecule has 0 aliphatic carbocycles. The van der Waals surface area contributed by atoms with E-state index in [1.54, 1.807) is 7.11 Å². The number of aryl methyl sites for hydroxylation is 1. The minimum absolute atomic E-state index is 0.101. The lowest BCUT2D eigenvalue weighted by Gasteiger charge is -2.11. The van der Waals surface area contributed by atoms with E-state index in [9.17, 15) is 4.79 Å². The number of methoxy groups -OCH3 is 1. The number of rotatable bonds is 7. The summed E-state index contributed by atoms with van der Waals surface area (Å²) in [7, 11) is 1.69. The van der Waals surface area contributed by atoms with Crippen LogP contribution in [0.5, 0.6) is 5.75 Å². The smallest absolute Gasteiger partial charge is 0.255 e. The van der Waals surface area contributed by atoms with E-state index in [0.29, 0.717) is 5.56 Å². The highest BCUT2D eigenvalue weighted by Gasteiger charge is 2.06. The molecular weight excluding hydrogens is 336 g/mol. The second-order valence-electron chi connectivity index (χ2n) is 6.39. The van der Waals surface area contributed by atoms with Crippen molar-refractivity contribution in [2.75, 3.05) is 24.3 Å².